The van der Waals surface area contributed by atoms with Crippen molar-refractivity contribution in [3.63, 3.8) is 0 Å². The average Bonchev–Trinajstić information content (AvgIpc) is 3.07. The lowest BCUT2D eigenvalue weighted by Crippen LogP contribution is -2.30. The van der Waals surface area contributed by atoms with Crippen LogP contribution in [-0.4, -0.2) is 26.8 Å². The van der Waals surface area contributed by atoms with Crippen LogP contribution in [0.3, 0.4) is 0 Å². The van der Waals surface area contributed by atoms with E-state index in [-0.39, 0.29) is 12.1 Å². The Bertz CT molecular complexity index is 1010. The summed E-state index contributed by atoms with van der Waals surface area (Å²) in [4.78, 5) is 17.2. The minimum Gasteiger partial charge on any atom is -0.459 e. The Morgan fingerprint density at radius 1 is 1.19 bits per heavy atom. The van der Waals surface area contributed by atoms with E-state index in [2.05, 4.69) is 33.6 Å². The van der Waals surface area contributed by atoms with E-state index in [9.17, 15) is 4.79 Å². The van der Waals surface area contributed by atoms with Crippen molar-refractivity contribution in [2.45, 2.75) is 32.9 Å². The van der Waals surface area contributed by atoms with Gasteiger partial charge in [0.1, 0.15) is 12.4 Å². The van der Waals surface area contributed by atoms with Crippen molar-refractivity contribution in [3.8, 4) is 0 Å². The number of carbonyl (C=O) groups is 1. The van der Waals surface area contributed by atoms with Gasteiger partial charge < -0.3 is 10.1 Å². The summed E-state index contributed by atoms with van der Waals surface area (Å²) in [5, 5.41) is 9.71. The van der Waals surface area contributed by atoms with Crippen molar-refractivity contribution in [1.82, 2.24) is 14.8 Å². The summed E-state index contributed by atoms with van der Waals surface area (Å²) >= 11 is 0. The van der Waals surface area contributed by atoms with Gasteiger partial charge in [0.05, 0.1) is 11.7 Å². The molecule has 0 spiro atoms. The molecule has 0 bridgehead atoms. The second-order valence-corrected chi connectivity index (χ2v) is 6.62. The van der Waals surface area contributed by atoms with Crippen molar-refractivity contribution in [2.75, 3.05) is 5.32 Å². The van der Waals surface area contributed by atoms with Gasteiger partial charge in [0.25, 0.3) is 0 Å². The number of anilines is 1. The predicted octanol–water partition coefficient (Wildman–Crippen LogP) is 3.67. The molecule has 1 aromatic heterocycles. The molecule has 0 aliphatic carbocycles. The Morgan fingerprint density at radius 3 is 2.77 bits per heavy atom. The maximum absolute atomic E-state index is 12.9. The predicted molar refractivity (Wildman–Crippen MR) is 99.7 cm³/mol. The maximum Gasteiger partial charge on any atom is 0.338 e. The largest absolute Gasteiger partial charge is 0.459 e. The Morgan fingerprint density at radius 2 is 1.96 bits per heavy atom. The molecule has 1 aliphatic heterocycles. The third-order valence-electron chi connectivity index (χ3n) is 4.47. The summed E-state index contributed by atoms with van der Waals surface area (Å²) in [5.74, 6) is 0.269. The van der Waals surface area contributed by atoms with E-state index in [1.54, 1.807) is 4.68 Å². The number of aromatic nitrogens is 3. The number of esters is 1. The van der Waals surface area contributed by atoms with Gasteiger partial charge in [-0.1, -0.05) is 42.5 Å². The lowest BCUT2D eigenvalue weighted by Gasteiger charge is -2.29. The quantitative estimate of drug-likeness (QED) is 0.731. The molecule has 6 nitrogen and oxygen atoms in total. The Balaban J connectivity index is 1.94. The molecule has 0 saturated carbocycles. The Hall–Kier alpha value is -3.15. The van der Waals surface area contributed by atoms with Crippen LogP contribution in [0.15, 0.2) is 60.1 Å². The van der Waals surface area contributed by atoms with E-state index >= 15 is 0 Å². The molecule has 1 aliphatic rings. The Labute approximate surface area is 151 Å². The van der Waals surface area contributed by atoms with Crippen LogP contribution in [0.5, 0.6) is 0 Å². The zero-order chi connectivity index (χ0) is 18.3. The van der Waals surface area contributed by atoms with Crippen LogP contribution in [0.4, 0.5) is 5.95 Å². The molecule has 132 valence electrons. The minimum absolute atomic E-state index is 0.201. The molecule has 0 fully saturated rings. The third-order valence-corrected chi connectivity index (χ3v) is 4.47. The van der Waals surface area contributed by atoms with Crippen molar-refractivity contribution < 1.29 is 9.53 Å². The molecule has 26 heavy (non-hydrogen) atoms. The van der Waals surface area contributed by atoms with Gasteiger partial charge in [0.2, 0.25) is 5.95 Å². The fraction of sp³-hybridized carbons (Fsp3) is 0.250. The van der Waals surface area contributed by atoms with Gasteiger partial charge >= 0.3 is 5.97 Å². The highest BCUT2D eigenvalue weighted by atomic mass is 16.5. The van der Waals surface area contributed by atoms with Gasteiger partial charge in [-0.2, -0.15) is 10.1 Å². The van der Waals surface area contributed by atoms with Crippen LogP contribution in [0.2, 0.25) is 0 Å². The summed E-state index contributed by atoms with van der Waals surface area (Å²) in [7, 11) is 0. The van der Waals surface area contributed by atoms with Crippen molar-refractivity contribution in [1.29, 1.82) is 0 Å². The number of rotatable bonds is 3. The maximum atomic E-state index is 12.9. The molecule has 3 aromatic rings. The summed E-state index contributed by atoms with van der Waals surface area (Å²) in [6.07, 6.45) is 1.29. The second-order valence-electron chi connectivity index (χ2n) is 6.62. The standard InChI is InChI=1S/C20H20N4O2/c1-12(2)26-19(25)17-13(3)23-20-21-11-22-24(20)18(17)16-10-6-8-14-7-4-5-9-15(14)16/h4-12,18H,1-3H3,(H,21,22,23). The monoisotopic (exact) mass is 348 g/mol. The summed E-state index contributed by atoms with van der Waals surface area (Å²) in [6, 6.07) is 13.8. The smallest absolute Gasteiger partial charge is 0.338 e. The first kappa shape index (κ1) is 16.3. The number of nitrogens with zero attached hydrogens (tertiary/aromatic N) is 3. The topological polar surface area (TPSA) is 69.0 Å². The molecule has 4 rings (SSSR count). The first-order valence-electron chi connectivity index (χ1n) is 8.62. The number of hydrogen-bond acceptors (Lipinski definition) is 5. The van der Waals surface area contributed by atoms with Crippen molar-refractivity contribution in [3.05, 3.63) is 65.6 Å². The number of benzene rings is 2. The number of fused-ring (bicyclic) bond motifs is 2. The summed E-state index contributed by atoms with van der Waals surface area (Å²) < 4.78 is 7.26. The highest BCUT2D eigenvalue weighted by molar-refractivity contribution is 5.95. The molecule has 0 radical (unpaired) electrons. The second kappa shape index (κ2) is 6.29. The first-order chi connectivity index (χ1) is 12.6. The molecule has 1 N–H and O–H groups in total. The van der Waals surface area contributed by atoms with Gasteiger partial charge in [-0.15, -0.1) is 0 Å². The van der Waals surface area contributed by atoms with E-state index in [0.29, 0.717) is 11.5 Å². The van der Waals surface area contributed by atoms with Gasteiger partial charge in [-0.25, -0.2) is 9.48 Å². The molecule has 1 atom stereocenters. The molecule has 0 saturated heterocycles. The molecule has 2 heterocycles. The molecule has 1 unspecified atom stereocenters. The molecule has 0 amide bonds. The normalized spacial score (nSPS) is 16.5. The van der Waals surface area contributed by atoms with Crippen LogP contribution in [0.1, 0.15) is 32.4 Å². The summed E-state index contributed by atoms with van der Waals surface area (Å²) in [6.45, 7) is 5.56. The van der Waals surface area contributed by atoms with E-state index in [0.717, 1.165) is 22.0 Å². The number of allylic oxidation sites excluding steroid dienone is 1. The number of nitrogens with one attached hydrogen (secondary N) is 1. The van der Waals surface area contributed by atoms with Crippen molar-refractivity contribution in [2.24, 2.45) is 0 Å². The summed E-state index contributed by atoms with van der Waals surface area (Å²) in [5.41, 5.74) is 2.27. The molecule has 6 heteroatoms. The van der Waals surface area contributed by atoms with Crippen LogP contribution >= 0.6 is 0 Å². The Kier molecular flexibility index (Phi) is 3.95. The zero-order valence-electron chi connectivity index (χ0n) is 14.9. The van der Waals surface area contributed by atoms with Gasteiger partial charge in [-0.3, -0.25) is 0 Å². The van der Waals surface area contributed by atoms with E-state index in [1.165, 1.54) is 6.33 Å². The van der Waals surface area contributed by atoms with Crippen LogP contribution in [0, 0.1) is 0 Å². The lowest BCUT2D eigenvalue weighted by molar-refractivity contribution is -0.143. The van der Waals surface area contributed by atoms with Crippen LogP contribution in [0.25, 0.3) is 10.8 Å². The zero-order valence-corrected chi connectivity index (χ0v) is 14.9. The van der Waals surface area contributed by atoms with Crippen molar-refractivity contribution >= 4 is 22.7 Å². The van der Waals surface area contributed by atoms with Gasteiger partial charge in [-0.05, 0) is 37.1 Å². The fourth-order valence-corrected chi connectivity index (χ4v) is 3.41. The number of ether oxygens (including phenoxy) is 1. The van der Waals surface area contributed by atoms with E-state index in [1.807, 2.05) is 45.0 Å². The fourth-order valence-electron chi connectivity index (χ4n) is 3.41. The minimum atomic E-state index is -0.397. The van der Waals surface area contributed by atoms with Crippen LogP contribution < -0.4 is 5.32 Å². The lowest BCUT2D eigenvalue weighted by atomic mass is 9.91. The van der Waals surface area contributed by atoms with Gasteiger partial charge in [0, 0.05) is 5.70 Å². The average molecular weight is 348 g/mol. The van der Waals surface area contributed by atoms with Gasteiger partial charge in [0.15, 0.2) is 0 Å². The number of carbonyl (C=O) groups excluding carboxylic acids is 1. The van der Waals surface area contributed by atoms with E-state index in [4.69, 9.17) is 4.74 Å². The first-order valence-corrected chi connectivity index (χ1v) is 8.62. The molecular weight excluding hydrogens is 328 g/mol. The molecule has 2 aromatic carbocycles. The third kappa shape index (κ3) is 2.63. The highest BCUT2D eigenvalue weighted by Crippen LogP contribution is 2.38. The van der Waals surface area contributed by atoms with Crippen LogP contribution in [-0.2, 0) is 9.53 Å². The molecular formula is C20H20N4O2. The highest BCUT2D eigenvalue weighted by Gasteiger charge is 2.35. The number of hydrogen-bond donors (Lipinski definition) is 1. The SMILES string of the molecule is CC1=C(C(=O)OC(C)C)C(c2cccc3ccccc23)n2ncnc2N1. The van der Waals surface area contributed by atoms with E-state index < -0.39 is 6.04 Å².